The van der Waals surface area contributed by atoms with Crippen LogP contribution in [0.2, 0.25) is 0 Å². The summed E-state index contributed by atoms with van der Waals surface area (Å²) >= 11 is 0. The molecule has 1 atom stereocenters. The molecular formula is C45H51N11O9. The summed E-state index contributed by atoms with van der Waals surface area (Å²) < 4.78 is 7.01. The van der Waals surface area contributed by atoms with Gasteiger partial charge in [0.1, 0.15) is 24.1 Å². The number of carbonyl (C=O) groups excluding carboxylic acids is 7. The molecule has 0 bridgehead atoms. The number of hydrogen-bond acceptors (Lipinski definition) is 15. The zero-order valence-electron chi connectivity index (χ0n) is 36.3. The smallest absolute Gasteiger partial charge is 0.407 e. The summed E-state index contributed by atoms with van der Waals surface area (Å²) in [6.07, 6.45) is 7.81. The van der Waals surface area contributed by atoms with Gasteiger partial charge >= 0.3 is 6.09 Å². The Morgan fingerprint density at radius 3 is 2.38 bits per heavy atom. The molecule has 340 valence electrons. The summed E-state index contributed by atoms with van der Waals surface area (Å²) in [5.41, 5.74) is 2.39. The van der Waals surface area contributed by atoms with E-state index >= 15 is 0 Å². The van der Waals surface area contributed by atoms with Gasteiger partial charge in [-0.1, -0.05) is 25.0 Å². The zero-order valence-corrected chi connectivity index (χ0v) is 36.3. The number of nitrogens with zero attached hydrogens (tertiary/aromatic N) is 7. The molecule has 3 aromatic heterocycles. The Hall–Kier alpha value is -7.09. The predicted octanol–water partition coefficient (Wildman–Crippen LogP) is 2.90. The summed E-state index contributed by atoms with van der Waals surface area (Å²) in [6, 6.07) is 7.28. The van der Waals surface area contributed by atoms with Crippen LogP contribution >= 0.6 is 0 Å². The van der Waals surface area contributed by atoms with Gasteiger partial charge in [0.25, 0.3) is 17.4 Å². The summed E-state index contributed by atoms with van der Waals surface area (Å²) in [7, 11) is 0. The molecule has 8 rings (SSSR count). The second-order valence-electron chi connectivity index (χ2n) is 16.7. The average Bonchev–Trinajstić information content (AvgIpc) is 3.91. The van der Waals surface area contributed by atoms with E-state index < -0.39 is 35.8 Å². The van der Waals surface area contributed by atoms with E-state index in [4.69, 9.17) is 9.72 Å². The zero-order chi connectivity index (χ0) is 45.8. The molecule has 6 amide bonds. The number of piperidine rings is 1. The van der Waals surface area contributed by atoms with Crippen LogP contribution in [-0.2, 0) is 25.7 Å². The van der Waals surface area contributed by atoms with Gasteiger partial charge in [-0.3, -0.25) is 48.3 Å². The fraction of sp³-hybridized carbons (Fsp3) is 0.444. The summed E-state index contributed by atoms with van der Waals surface area (Å²) in [4.78, 5) is 120. The first-order valence-corrected chi connectivity index (χ1v) is 22.0. The Labute approximate surface area is 373 Å². The highest BCUT2D eigenvalue weighted by molar-refractivity contribution is 6.24. The highest BCUT2D eigenvalue weighted by Crippen LogP contribution is 2.33. The van der Waals surface area contributed by atoms with E-state index in [1.165, 1.54) is 13.0 Å². The van der Waals surface area contributed by atoms with E-state index in [-0.39, 0.29) is 66.0 Å². The maximum atomic E-state index is 13.6. The molecule has 1 aliphatic carbocycles. The van der Waals surface area contributed by atoms with E-state index in [1.54, 1.807) is 36.0 Å². The van der Waals surface area contributed by atoms with Crippen molar-refractivity contribution < 1.29 is 38.3 Å². The number of imide groups is 2. The number of hydrogen-bond donors (Lipinski definition) is 4. The molecule has 3 fully saturated rings. The van der Waals surface area contributed by atoms with Crippen molar-refractivity contribution in [2.24, 2.45) is 0 Å². The minimum absolute atomic E-state index is 0.00159. The van der Waals surface area contributed by atoms with E-state index in [0.717, 1.165) is 36.3 Å². The van der Waals surface area contributed by atoms with Gasteiger partial charge in [0.2, 0.25) is 23.7 Å². The lowest BCUT2D eigenvalue weighted by Gasteiger charge is -2.36. The molecular weight excluding hydrogens is 839 g/mol. The van der Waals surface area contributed by atoms with Gasteiger partial charge < -0.3 is 30.5 Å². The van der Waals surface area contributed by atoms with Crippen LogP contribution in [0.25, 0.3) is 11.0 Å². The quantitative estimate of drug-likeness (QED) is 0.0762. The van der Waals surface area contributed by atoms with Crippen molar-refractivity contribution >= 4 is 69.9 Å². The molecule has 4 aromatic rings. The van der Waals surface area contributed by atoms with Crippen LogP contribution in [0.15, 0.2) is 47.5 Å². The maximum Gasteiger partial charge on any atom is 0.407 e. The van der Waals surface area contributed by atoms with Gasteiger partial charge in [-0.25, -0.2) is 14.8 Å². The molecule has 20 heteroatoms. The van der Waals surface area contributed by atoms with Crippen molar-refractivity contribution in [2.75, 3.05) is 56.0 Å². The Kier molecular flexibility index (Phi) is 13.2. The Balaban J connectivity index is 0.731. The van der Waals surface area contributed by atoms with Crippen LogP contribution in [0.4, 0.5) is 22.2 Å². The van der Waals surface area contributed by atoms with Gasteiger partial charge in [-0.05, 0) is 76.3 Å². The number of nitrogens with one attached hydrogen (secondary N) is 4. The Morgan fingerprint density at radius 1 is 0.892 bits per heavy atom. The molecule has 4 aliphatic rings. The molecule has 4 N–H and O–H groups in total. The van der Waals surface area contributed by atoms with Crippen LogP contribution in [0.3, 0.4) is 0 Å². The lowest BCUT2D eigenvalue weighted by atomic mass is 10.0. The molecule has 0 radical (unpaired) electrons. The molecule has 1 saturated carbocycles. The van der Waals surface area contributed by atoms with Crippen molar-refractivity contribution in [3.05, 3.63) is 80.9 Å². The van der Waals surface area contributed by atoms with Gasteiger partial charge in [-0.2, -0.15) is 4.98 Å². The van der Waals surface area contributed by atoms with Gasteiger partial charge in [-0.15, -0.1) is 0 Å². The van der Waals surface area contributed by atoms with Crippen LogP contribution in [-0.4, -0.2) is 123 Å². The topological polar surface area (TPSA) is 247 Å². The van der Waals surface area contributed by atoms with Crippen molar-refractivity contribution in [3.8, 4) is 0 Å². The maximum absolute atomic E-state index is 13.6. The third-order valence-corrected chi connectivity index (χ3v) is 12.5. The summed E-state index contributed by atoms with van der Waals surface area (Å²) in [6.45, 7) is 6.37. The number of amides is 6. The van der Waals surface area contributed by atoms with E-state index in [9.17, 15) is 38.4 Å². The summed E-state index contributed by atoms with van der Waals surface area (Å²) in [5, 5.41) is 11.8. The molecule has 0 spiro atoms. The van der Waals surface area contributed by atoms with Crippen LogP contribution in [0, 0.1) is 6.92 Å². The minimum Gasteiger partial charge on any atom is -0.445 e. The highest BCUT2D eigenvalue weighted by Gasteiger charge is 2.45. The first-order chi connectivity index (χ1) is 31.4. The van der Waals surface area contributed by atoms with Crippen LogP contribution < -0.4 is 31.7 Å². The largest absolute Gasteiger partial charge is 0.445 e. The lowest BCUT2D eigenvalue weighted by Crippen LogP contribution is -2.54. The first kappa shape index (κ1) is 44.5. The minimum atomic E-state index is -1.09. The lowest BCUT2D eigenvalue weighted by molar-refractivity contribution is -0.136. The second-order valence-corrected chi connectivity index (χ2v) is 16.7. The molecule has 65 heavy (non-hydrogen) atoms. The predicted molar refractivity (Wildman–Crippen MR) is 236 cm³/mol. The number of ether oxygens (including phenoxy) is 1. The number of pyridine rings is 2. The van der Waals surface area contributed by atoms with Crippen molar-refractivity contribution in [1.82, 2.24) is 45.3 Å². The molecule has 1 aromatic carbocycles. The monoisotopic (exact) mass is 889 g/mol. The third kappa shape index (κ3) is 9.43. The number of rotatable bonds is 15. The fourth-order valence-corrected chi connectivity index (χ4v) is 9.06. The number of carbonyl (C=O) groups is 7. The van der Waals surface area contributed by atoms with Gasteiger partial charge in [0, 0.05) is 62.3 Å². The van der Waals surface area contributed by atoms with Crippen molar-refractivity contribution in [3.63, 3.8) is 0 Å². The van der Waals surface area contributed by atoms with E-state index in [2.05, 4.69) is 36.1 Å². The van der Waals surface area contributed by atoms with Crippen LogP contribution in [0.1, 0.15) is 107 Å². The van der Waals surface area contributed by atoms with Crippen LogP contribution in [0.5, 0.6) is 0 Å². The average molecular weight is 890 g/mol. The number of alkyl carbamates (subject to hydrolysis) is 1. The normalized spacial score (nSPS) is 17.7. The van der Waals surface area contributed by atoms with Gasteiger partial charge in [0.15, 0.2) is 5.78 Å². The molecule has 6 heterocycles. The summed E-state index contributed by atoms with van der Waals surface area (Å²) in [5.74, 6) is -1.92. The Morgan fingerprint density at radius 2 is 1.66 bits per heavy atom. The number of anilines is 3. The second kappa shape index (κ2) is 19.3. The van der Waals surface area contributed by atoms with E-state index in [1.807, 2.05) is 17.0 Å². The highest BCUT2D eigenvalue weighted by atomic mass is 16.5. The number of ketones is 1. The molecule has 2 saturated heterocycles. The standard InChI is InChI=1S/C45H51N11O9/c1-26-32-23-49-44(52-39(32)55(29-9-3-4-10-29)42(62)37(26)27(2)57)50-34-14-12-30(22-48-34)53-18-20-54(21-19-53)36(59)24-46-16-5-6-17-47-45(64)65-25-28-8-7-11-31-38(28)43(63)56(41(31)61)33-13-15-35(58)51-40(33)60/h7-8,11-12,14,22-23,29,33,46H,3-6,9-10,13,15-21,24-25H2,1-2H3,(H,47,64)(H,51,58,60)(H,48,49,50,52). The third-order valence-electron chi connectivity index (χ3n) is 12.5. The number of piperazine rings is 1. The number of unbranched alkanes of at least 4 members (excludes halogenated alkanes) is 1. The first-order valence-electron chi connectivity index (χ1n) is 22.0. The molecule has 1 unspecified atom stereocenters. The van der Waals surface area contributed by atoms with Crippen molar-refractivity contribution in [2.45, 2.75) is 83.9 Å². The number of benzene rings is 1. The number of fused-ring (bicyclic) bond motifs is 2. The van der Waals surface area contributed by atoms with Crippen molar-refractivity contribution in [1.29, 1.82) is 0 Å². The molecule has 3 aliphatic heterocycles. The number of aromatic nitrogens is 4. The van der Waals surface area contributed by atoms with E-state index in [0.29, 0.717) is 86.0 Å². The van der Waals surface area contributed by atoms with Gasteiger partial charge in [0.05, 0.1) is 35.1 Å². The number of Topliss-reactive ketones (excluding diaryl/α,β-unsaturated/α-hetero) is 1. The fourth-order valence-electron chi connectivity index (χ4n) is 9.06. The molecule has 20 nitrogen and oxygen atoms in total. The SMILES string of the molecule is CC(=O)c1c(C)c2cnc(Nc3ccc(N4CCN(C(=O)CNCCCCNC(=O)OCc5cccc6c5C(=O)N(C5CCC(=O)NC5=O)C6=O)CC4)cn3)nc2n(C2CCCC2)c1=O. The number of aryl methyl sites for hydroxylation is 1. The Bertz CT molecular complexity index is 2620.